The lowest BCUT2D eigenvalue weighted by Gasteiger charge is -2.13. The molecule has 2 nitrogen and oxygen atoms in total. The van der Waals surface area contributed by atoms with Gasteiger partial charge in [-0.15, -0.1) is 0 Å². The molecule has 0 aliphatic rings. The van der Waals surface area contributed by atoms with Gasteiger partial charge in [0.15, 0.2) is 0 Å². The Morgan fingerprint density at radius 2 is 1.75 bits per heavy atom. The molecule has 1 unspecified atom stereocenters. The topological polar surface area (TPSA) is 38.9 Å². The Labute approximate surface area is 114 Å². The molecular formula is C16H12F2N2. The first-order valence-electron chi connectivity index (χ1n) is 6.21. The Morgan fingerprint density at radius 3 is 2.55 bits per heavy atom. The third-order valence-electron chi connectivity index (χ3n) is 3.24. The summed E-state index contributed by atoms with van der Waals surface area (Å²) in [7, 11) is 0. The van der Waals surface area contributed by atoms with Gasteiger partial charge >= 0.3 is 0 Å². The number of halogens is 2. The van der Waals surface area contributed by atoms with E-state index in [0.29, 0.717) is 5.69 Å². The summed E-state index contributed by atoms with van der Waals surface area (Å²) in [6, 6.07) is 13.9. The minimum atomic E-state index is -0.722. The van der Waals surface area contributed by atoms with Crippen LogP contribution in [0.2, 0.25) is 0 Å². The number of nitrogens with zero attached hydrogens (tertiary/aromatic N) is 1. The molecule has 0 radical (unpaired) electrons. The van der Waals surface area contributed by atoms with Crippen LogP contribution in [0.25, 0.3) is 10.9 Å². The first-order chi connectivity index (χ1) is 9.65. The Morgan fingerprint density at radius 1 is 0.950 bits per heavy atom. The van der Waals surface area contributed by atoms with E-state index in [1.807, 2.05) is 30.3 Å². The summed E-state index contributed by atoms with van der Waals surface area (Å²) in [4.78, 5) is 4.43. The maximum absolute atomic E-state index is 13.8. The zero-order chi connectivity index (χ0) is 14.1. The number of benzene rings is 2. The zero-order valence-corrected chi connectivity index (χ0v) is 10.6. The predicted molar refractivity (Wildman–Crippen MR) is 74.1 cm³/mol. The maximum atomic E-state index is 13.8. The number of aromatic nitrogens is 1. The first-order valence-corrected chi connectivity index (χ1v) is 6.21. The van der Waals surface area contributed by atoms with E-state index >= 15 is 0 Å². The largest absolute Gasteiger partial charge is 0.319 e. The lowest BCUT2D eigenvalue weighted by atomic mass is 10.0. The third kappa shape index (κ3) is 2.26. The van der Waals surface area contributed by atoms with Crippen LogP contribution in [-0.2, 0) is 0 Å². The molecule has 0 aliphatic carbocycles. The van der Waals surface area contributed by atoms with Crippen LogP contribution < -0.4 is 5.73 Å². The Hall–Kier alpha value is -2.33. The zero-order valence-electron chi connectivity index (χ0n) is 10.6. The van der Waals surface area contributed by atoms with Crippen molar-refractivity contribution in [3.8, 4) is 0 Å². The number of nitrogens with two attached hydrogens (primary N) is 1. The van der Waals surface area contributed by atoms with Crippen molar-refractivity contribution in [2.75, 3.05) is 0 Å². The minimum Gasteiger partial charge on any atom is -0.319 e. The number of pyridine rings is 1. The molecule has 0 saturated carbocycles. The van der Waals surface area contributed by atoms with Crippen molar-refractivity contribution < 1.29 is 8.78 Å². The van der Waals surface area contributed by atoms with E-state index in [1.165, 1.54) is 12.1 Å². The molecule has 3 rings (SSSR count). The Kier molecular flexibility index (Phi) is 3.16. The van der Waals surface area contributed by atoms with E-state index in [-0.39, 0.29) is 5.56 Å². The molecule has 3 aromatic rings. The van der Waals surface area contributed by atoms with Crippen LogP contribution >= 0.6 is 0 Å². The van der Waals surface area contributed by atoms with Gasteiger partial charge in [-0.1, -0.05) is 30.3 Å². The van der Waals surface area contributed by atoms with Gasteiger partial charge in [0.05, 0.1) is 17.3 Å². The lowest BCUT2D eigenvalue weighted by molar-refractivity contribution is 0.564. The molecule has 0 bridgehead atoms. The van der Waals surface area contributed by atoms with Gasteiger partial charge in [0.2, 0.25) is 0 Å². The van der Waals surface area contributed by atoms with E-state index in [1.54, 1.807) is 6.07 Å². The fourth-order valence-corrected chi connectivity index (χ4v) is 2.17. The van der Waals surface area contributed by atoms with Crippen LogP contribution in [0.1, 0.15) is 17.3 Å². The highest BCUT2D eigenvalue weighted by atomic mass is 19.1. The van der Waals surface area contributed by atoms with Crippen molar-refractivity contribution in [2.24, 2.45) is 5.73 Å². The van der Waals surface area contributed by atoms with E-state index in [4.69, 9.17) is 5.73 Å². The number of rotatable bonds is 2. The van der Waals surface area contributed by atoms with Crippen molar-refractivity contribution >= 4 is 10.9 Å². The highest BCUT2D eigenvalue weighted by Crippen LogP contribution is 2.23. The van der Waals surface area contributed by atoms with Gasteiger partial charge in [0.25, 0.3) is 0 Å². The molecule has 4 heteroatoms. The van der Waals surface area contributed by atoms with Crippen LogP contribution in [0.15, 0.2) is 54.6 Å². The van der Waals surface area contributed by atoms with Gasteiger partial charge in [-0.2, -0.15) is 0 Å². The third-order valence-corrected chi connectivity index (χ3v) is 3.24. The van der Waals surface area contributed by atoms with Crippen molar-refractivity contribution in [1.82, 2.24) is 4.98 Å². The van der Waals surface area contributed by atoms with Crippen LogP contribution in [-0.4, -0.2) is 4.98 Å². The van der Waals surface area contributed by atoms with E-state index in [2.05, 4.69) is 4.98 Å². The molecule has 20 heavy (non-hydrogen) atoms. The highest BCUT2D eigenvalue weighted by Gasteiger charge is 2.15. The van der Waals surface area contributed by atoms with Gasteiger partial charge in [-0.3, -0.25) is 4.98 Å². The fourth-order valence-electron chi connectivity index (χ4n) is 2.17. The second-order valence-electron chi connectivity index (χ2n) is 4.57. The van der Waals surface area contributed by atoms with Crippen molar-refractivity contribution in [3.05, 3.63) is 77.5 Å². The molecule has 0 saturated heterocycles. The van der Waals surface area contributed by atoms with Crippen LogP contribution in [0, 0.1) is 11.6 Å². The summed E-state index contributed by atoms with van der Waals surface area (Å²) in [5.41, 5.74) is 7.61. The molecule has 0 aliphatic heterocycles. The van der Waals surface area contributed by atoms with E-state index < -0.39 is 17.7 Å². The second-order valence-corrected chi connectivity index (χ2v) is 4.57. The smallest absolute Gasteiger partial charge is 0.131 e. The SMILES string of the molecule is NC(c1ccc2ccccc2n1)c1ccc(F)cc1F. The number of para-hydroxylation sites is 1. The quantitative estimate of drug-likeness (QED) is 0.773. The molecular weight excluding hydrogens is 258 g/mol. The average molecular weight is 270 g/mol. The monoisotopic (exact) mass is 270 g/mol. The molecule has 1 heterocycles. The minimum absolute atomic E-state index is 0.231. The molecule has 2 aromatic carbocycles. The standard InChI is InChI=1S/C16H12F2N2/c17-11-6-7-12(13(18)9-11)16(19)15-8-5-10-3-1-2-4-14(10)20-15/h1-9,16H,19H2. The van der Waals surface area contributed by atoms with Gasteiger partial charge in [0, 0.05) is 17.0 Å². The van der Waals surface area contributed by atoms with E-state index in [0.717, 1.165) is 17.0 Å². The Bertz CT molecular complexity index is 771. The van der Waals surface area contributed by atoms with Crippen LogP contribution in [0.5, 0.6) is 0 Å². The summed E-state index contributed by atoms with van der Waals surface area (Å²) in [5, 5.41) is 0.989. The second kappa shape index (κ2) is 4.98. The summed E-state index contributed by atoms with van der Waals surface area (Å²) in [6.07, 6.45) is 0. The average Bonchev–Trinajstić information content (AvgIpc) is 2.46. The molecule has 1 aromatic heterocycles. The number of hydrogen-bond donors (Lipinski definition) is 1. The highest BCUT2D eigenvalue weighted by molar-refractivity contribution is 5.78. The number of hydrogen-bond acceptors (Lipinski definition) is 2. The first kappa shape index (κ1) is 12.7. The number of fused-ring (bicyclic) bond motifs is 1. The molecule has 100 valence electrons. The molecule has 0 amide bonds. The summed E-state index contributed by atoms with van der Waals surface area (Å²) < 4.78 is 26.7. The van der Waals surface area contributed by atoms with Crippen molar-refractivity contribution in [1.29, 1.82) is 0 Å². The summed E-state index contributed by atoms with van der Waals surface area (Å²) in [5.74, 6) is -1.28. The van der Waals surface area contributed by atoms with Crippen LogP contribution in [0.4, 0.5) is 8.78 Å². The molecule has 2 N–H and O–H groups in total. The lowest BCUT2D eigenvalue weighted by Crippen LogP contribution is -2.15. The van der Waals surface area contributed by atoms with Crippen LogP contribution in [0.3, 0.4) is 0 Å². The van der Waals surface area contributed by atoms with Gasteiger partial charge in [-0.25, -0.2) is 8.78 Å². The molecule has 0 fully saturated rings. The van der Waals surface area contributed by atoms with Gasteiger partial charge in [0.1, 0.15) is 11.6 Å². The Balaban J connectivity index is 2.05. The predicted octanol–water partition coefficient (Wildman–Crippen LogP) is 3.56. The van der Waals surface area contributed by atoms with E-state index in [9.17, 15) is 8.78 Å². The van der Waals surface area contributed by atoms with Gasteiger partial charge < -0.3 is 5.73 Å². The maximum Gasteiger partial charge on any atom is 0.131 e. The molecule has 1 atom stereocenters. The summed E-state index contributed by atoms with van der Waals surface area (Å²) in [6.45, 7) is 0. The fraction of sp³-hybridized carbons (Fsp3) is 0.0625. The summed E-state index contributed by atoms with van der Waals surface area (Å²) >= 11 is 0. The van der Waals surface area contributed by atoms with Crippen molar-refractivity contribution in [2.45, 2.75) is 6.04 Å². The molecule has 0 spiro atoms. The van der Waals surface area contributed by atoms with Gasteiger partial charge in [-0.05, 0) is 18.2 Å². The van der Waals surface area contributed by atoms with Crippen molar-refractivity contribution in [3.63, 3.8) is 0 Å². The normalized spacial score (nSPS) is 12.6.